The summed E-state index contributed by atoms with van der Waals surface area (Å²) in [5.41, 5.74) is 0.381. The largest absolute Gasteiger partial charge is 0.452 e. The molecule has 6 heteroatoms. The fraction of sp³-hybridized carbons (Fsp3) is 0.550. The molecule has 1 saturated carbocycles. The van der Waals surface area contributed by atoms with Crippen molar-refractivity contribution in [3.05, 3.63) is 29.8 Å². The van der Waals surface area contributed by atoms with E-state index in [1.54, 1.807) is 24.3 Å². The number of benzene rings is 1. The Morgan fingerprint density at radius 1 is 1.19 bits per heavy atom. The molecule has 0 spiro atoms. The van der Waals surface area contributed by atoms with Crippen LogP contribution in [0.3, 0.4) is 0 Å². The third-order valence-electron chi connectivity index (χ3n) is 4.93. The highest BCUT2D eigenvalue weighted by atomic mass is 32.2. The van der Waals surface area contributed by atoms with Gasteiger partial charge in [0.05, 0.1) is 11.3 Å². The maximum absolute atomic E-state index is 12.3. The van der Waals surface area contributed by atoms with Crippen molar-refractivity contribution in [1.29, 1.82) is 0 Å². The molecule has 0 radical (unpaired) electrons. The van der Waals surface area contributed by atoms with Crippen LogP contribution in [-0.2, 0) is 14.3 Å². The van der Waals surface area contributed by atoms with Crippen LogP contribution in [0.25, 0.3) is 0 Å². The summed E-state index contributed by atoms with van der Waals surface area (Å²) in [5.74, 6) is 0.528. The molecule has 1 aliphatic rings. The van der Waals surface area contributed by atoms with Gasteiger partial charge < -0.3 is 10.1 Å². The minimum atomic E-state index is -0.545. The van der Waals surface area contributed by atoms with Crippen LogP contribution >= 0.6 is 11.8 Å². The van der Waals surface area contributed by atoms with Gasteiger partial charge in [0, 0.05) is 10.9 Å². The zero-order chi connectivity index (χ0) is 19.1. The van der Waals surface area contributed by atoms with Crippen molar-refractivity contribution in [3.8, 4) is 0 Å². The van der Waals surface area contributed by atoms with Crippen LogP contribution in [0.5, 0.6) is 0 Å². The number of nitrogens with one attached hydrogen (secondary N) is 1. The summed E-state index contributed by atoms with van der Waals surface area (Å²) in [5, 5.41) is 2.99. The Morgan fingerprint density at radius 2 is 1.92 bits per heavy atom. The van der Waals surface area contributed by atoms with Crippen molar-refractivity contribution in [3.63, 3.8) is 0 Å². The molecule has 2 rings (SSSR count). The number of amides is 1. The Bertz CT molecular complexity index is 661. The second-order valence-electron chi connectivity index (χ2n) is 7.00. The van der Waals surface area contributed by atoms with Gasteiger partial charge in [-0.3, -0.25) is 9.59 Å². The standard InChI is InChI=1S/C20H27NO4S/c1-13-7-6-9-17(15(13)3)21-19(23)11-25-20(24)16-8-4-5-10-18(16)26-12-14(2)22/h4-5,8,10,13,15,17H,6-7,9,11-12H2,1-3H3,(H,21,23)/t13-,15-,17-/m1/s1. The number of hydrogen-bond acceptors (Lipinski definition) is 5. The summed E-state index contributed by atoms with van der Waals surface area (Å²) in [7, 11) is 0. The Balaban J connectivity index is 1.88. The summed E-state index contributed by atoms with van der Waals surface area (Å²) in [6.45, 7) is 5.58. The zero-order valence-corrected chi connectivity index (χ0v) is 16.4. The molecule has 0 unspecified atom stereocenters. The Labute approximate surface area is 159 Å². The molecule has 1 amide bonds. The second-order valence-corrected chi connectivity index (χ2v) is 8.02. The highest BCUT2D eigenvalue weighted by molar-refractivity contribution is 8.00. The van der Waals surface area contributed by atoms with Gasteiger partial charge in [0.2, 0.25) is 0 Å². The molecule has 0 aromatic heterocycles. The third-order valence-corrected chi connectivity index (χ3v) is 6.14. The van der Waals surface area contributed by atoms with E-state index >= 15 is 0 Å². The highest BCUT2D eigenvalue weighted by Gasteiger charge is 2.28. The molecule has 1 aliphatic carbocycles. The van der Waals surface area contributed by atoms with Crippen LogP contribution in [0.1, 0.15) is 50.4 Å². The van der Waals surface area contributed by atoms with E-state index in [0.717, 1.165) is 12.8 Å². The first-order valence-corrected chi connectivity index (χ1v) is 10.0. The number of carbonyl (C=O) groups excluding carboxylic acids is 3. The van der Waals surface area contributed by atoms with E-state index in [1.807, 2.05) is 0 Å². The first kappa shape index (κ1) is 20.5. The molecule has 1 aromatic carbocycles. The first-order chi connectivity index (χ1) is 12.4. The number of ketones is 1. The van der Waals surface area contributed by atoms with Gasteiger partial charge in [-0.1, -0.05) is 38.8 Å². The van der Waals surface area contributed by atoms with Gasteiger partial charge in [0.25, 0.3) is 5.91 Å². The quantitative estimate of drug-likeness (QED) is 0.582. The number of thioether (sulfide) groups is 1. The Hall–Kier alpha value is -1.82. The van der Waals surface area contributed by atoms with Gasteiger partial charge in [0.15, 0.2) is 6.61 Å². The molecule has 0 saturated heterocycles. The maximum atomic E-state index is 12.3. The van der Waals surface area contributed by atoms with Gasteiger partial charge in [-0.25, -0.2) is 4.79 Å². The van der Waals surface area contributed by atoms with Crippen LogP contribution in [0.4, 0.5) is 0 Å². The lowest BCUT2D eigenvalue weighted by atomic mass is 9.78. The molecule has 0 heterocycles. The second kappa shape index (κ2) is 9.76. The third kappa shape index (κ3) is 5.87. The smallest absolute Gasteiger partial charge is 0.339 e. The summed E-state index contributed by atoms with van der Waals surface area (Å²) < 4.78 is 5.19. The van der Waals surface area contributed by atoms with Crippen LogP contribution in [0.2, 0.25) is 0 Å². The minimum Gasteiger partial charge on any atom is -0.452 e. The van der Waals surface area contributed by atoms with Crippen LogP contribution in [0, 0.1) is 11.8 Å². The SMILES string of the molecule is CC(=O)CSc1ccccc1C(=O)OCC(=O)N[C@@H]1CCC[C@@H](C)[C@H]1C. The van der Waals surface area contributed by atoms with E-state index in [-0.39, 0.29) is 24.3 Å². The lowest BCUT2D eigenvalue weighted by Gasteiger charge is -2.34. The van der Waals surface area contributed by atoms with Crippen molar-refractivity contribution in [2.75, 3.05) is 12.4 Å². The number of Topliss-reactive ketones (excluding diaryl/α,β-unsaturated/α-hetero) is 1. The molecule has 1 fully saturated rings. The van der Waals surface area contributed by atoms with Crippen LogP contribution in [0.15, 0.2) is 29.2 Å². The number of esters is 1. The van der Waals surface area contributed by atoms with E-state index in [4.69, 9.17) is 4.74 Å². The van der Waals surface area contributed by atoms with Crippen LogP contribution in [-0.4, -0.2) is 36.1 Å². The lowest BCUT2D eigenvalue weighted by molar-refractivity contribution is -0.125. The topological polar surface area (TPSA) is 72.5 Å². The molecule has 1 N–H and O–H groups in total. The first-order valence-electron chi connectivity index (χ1n) is 9.06. The molecule has 142 valence electrons. The van der Waals surface area contributed by atoms with Gasteiger partial charge in [-0.2, -0.15) is 0 Å². The van der Waals surface area contributed by atoms with Gasteiger partial charge >= 0.3 is 5.97 Å². The van der Waals surface area contributed by atoms with E-state index < -0.39 is 5.97 Å². The fourth-order valence-corrected chi connectivity index (χ4v) is 4.02. The van der Waals surface area contributed by atoms with Gasteiger partial charge in [0.1, 0.15) is 5.78 Å². The number of carbonyl (C=O) groups is 3. The normalized spacial score (nSPS) is 22.5. The number of hydrogen-bond donors (Lipinski definition) is 1. The zero-order valence-electron chi connectivity index (χ0n) is 15.6. The molecule has 5 nitrogen and oxygen atoms in total. The molecule has 1 aromatic rings. The summed E-state index contributed by atoms with van der Waals surface area (Å²) in [4.78, 5) is 36.3. The van der Waals surface area contributed by atoms with E-state index in [9.17, 15) is 14.4 Å². The van der Waals surface area contributed by atoms with Crippen molar-refractivity contribution in [1.82, 2.24) is 5.32 Å². The van der Waals surface area contributed by atoms with E-state index in [2.05, 4.69) is 19.2 Å². The molecule has 26 heavy (non-hydrogen) atoms. The Kier molecular flexibility index (Phi) is 7.69. The predicted octanol–water partition coefficient (Wildman–Crippen LogP) is 3.47. The van der Waals surface area contributed by atoms with Crippen molar-refractivity contribution < 1.29 is 19.1 Å². The van der Waals surface area contributed by atoms with E-state index in [1.165, 1.54) is 25.1 Å². The lowest BCUT2D eigenvalue weighted by Crippen LogP contribution is -2.45. The maximum Gasteiger partial charge on any atom is 0.339 e. The molecule has 0 bridgehead atoms. The van der Waals surface area contributed by atoms with Crippen molar-refractivity contribution >= 4 is 29.4 Å². The average molecular weight is 378 g/mol. The molecular formula is C20H27NO4S. The monoisotopic (exact) mass is 377 g/mol. The molecule has 3 atom stereocenters. The fourth-order valence-electron chi connectivity index (χ4n) is 3.18. The van der Waals surface area contributed by atoms with Crippen molar-refractivity contribution in [2.24, 2.45) is 11.8 Å². The number of rotatable bonds is 7. The highest BCUT2D eigenvalue weighted by Crippen LogP contribution is 2.29. The Morgan fingerprint density at radius 3 is 2.65 bits per heavy atom. The average Bonchev–Trinajstić information content (AvgIpc) is 2.62. The molecular weight excluding hydrogens is 350 g/mol. The summed E-state index contributed by atoms with van der Waals surface area (Å²) in [6.07, 6.45) is 3.27. The summed E-state index contributed by atoms with van der Waals surface area (Å²) in [6, 6.07) is 7.10. The van der Waals surface area contributed by atoms with Crippen molar-refractivity contribution in [2.45, 2.75) is 51.0 Å². The number of ether oxygens (including phenoxy) is 1. The van der Waals surface area contributed by atoms with E-state index in [0.29, 0.717) is 28.0 Å². The van der Waals surface area contributed by atoms with Gasteiger partial charge in [-0.15, -0.1) is 11.8 Å². The molecule has 0 aliphatic heterocycles. The predicted molar refractivity (Wildman–Crippen MR) is 102 cm³/mol. The van der Waals surface area contributed by atoms with Gasteiger partial charge in [-0.05, 0) is 37.3 Å². The summed E-state index contributed by atoms with van der Waals surface area (Å²) >= 11 is 1.30. The minimum absolute atomic E-state index is 0.0355. The van der Waals surface area contributed by atoms with Crippen LogP contribution < -0.4 is 5.32 Å².